The number of halogens is 4. The SMILES string of the molecule is Cc1[nH]nc2c1C(C)(c1ccccc1)C1=C(C2)CC(C)(C)CC1=O.Cc1[nH]nc2c1C(C)(c1ccccc1)C1=C(C2)CC(C)(C)CC1=O.Cc1[nH]nc2c1C(C)(c1ccccc1F)C1=C(C2)CC(C)(C)CC1=O.Cc1[nH]nc2c1C(c1ccccc1)C1=C(C2)CC(C)(C)CC1=O.Cc1[nH]nc2c1C(c1cnccc1C(F)(F)F)C1=C(C2)CC(C)(C)CC1=O.Cc1[nH]nc2c1[C@](C)(c1ccccc1)C1=C(C2)CC(C)(C)CC1=O. The summed E-state index contributed by atoms with van der Waals surface area (Å²) in [5.74, 6) is 0.280. The van der Waals surface area contributed by atoms with Crippen LogP contribution in [0.25, 0.3) is 0 Å². The number of carbonyl (C=O) groups excluding carboxylic acids is 6. The van der Waals surface area contributed by atoms with Crippen LogP contribution in [0.2, 0.25) is 0 Å². The number of alkyl halides is 3. The smallest absolute Gasteiger partial charge is 0.294 e. The maximum absolute atomic E-state index is 14.8. The molecule has 5 aromatic carbocycles. The number of rotatable bonds is 6. The van der Waals surface area contributed by atoms with E-state index in [9.17, 15) is 46.3 Å². The molecule has 7 heterocycles. The molecule has 5 unspecified atom stereocenters. The number of aromatic amines is 6. The number of benzene rings is 5. The van der Waals surface area contributed by atoms with Gasteiger partial charge in [0.15, 0.2) is 34.7 Å². The highest BCUT2D eigenvalue weighted by Crippen LogP contribution is 2.61. The van der Waals surface area contributed by atoms with E-state index in [0.29, 0.717) is 103 Å². The van der Waals surface area contributed by atoms with E-state index in [1.54, 1.807) is 19.1 Å². The molecule has 12 aromatic rings. The molecule has 23 heteroatoms. The summed E-state index contributed by atoms with van der Waals surface area (Å²) >= 11 is 0. The fourth-order valence-corrected chi connectivity index (χ4v) is 28.5. The fourth-order valence-electron chi connectivity index (χ4n) is 28.5. The van der Waals surface area contributed by atoms with Crippen LogP contribution in [0, 0.1) is 79.8 Å². The minimum absolute atomic E-state index is 0.0241. The van der Waals surface area contributed by atoms with Crippen LogP contribution in [0.1, 0.15) is 340 Å². The minimum Gasteiger partial charge on any atom is -0.294 e. The molecule has 7 aromatic heterocycles. The second-order valence-corrected chi connectivity index (χ2v) is 49.1. The van der Waals surface area contributed by atoms with Crippen LogP contribution in [0.4, 0.5) is 17.6 Å². The van der Waals surface area contributed by atoms with Crippen LogP contribution in [0.15, 0.2) is 231 Å². The number of aryl methyl sites for hydroxylation is 6. The molecular formula is C124H137F4N13O6. The van der Waals surface area contributed by atoms with E-state index in [-0.39, 0.29) is 61.4 Å². The zero-order chi connectivity index (χ0) is 105. The highest BCUT2D eigenvalue weighted by molar-refractivity contribution is 6.06. The standard InChI is InChI=1S/C21H23FN2O.3C21H24N2O.C20H20F3N3O.C20H22N2O/c1-12-18-16(24-23-12)9-13-10-20(2,3)11-17(25)19(13)21(18,4)14-7-5-6-8-15(14)22;3*1-13-18-16(23-22-13)10-14-11-20(2,3)12-17(24)19(14)21(18,4)15-8-6-5-7-9-15;1-10-16-14(26-25-10)6-11-7-19(2,3)8-15(27)17(11)18(16)12-9-24-5-4-13(12)20(21,22)23;1-12-17-15(22-21-12)9-14-10-20(2,3)11-16(23)18(14)19(17)13-7-5-4-6-8-13/h5-8H,9-11H2,1-4H3,(H,23,24);3*5-9H,10-12H2,1-4H3,(H,22,23);4-5,9,18H,6-8H2,1-3H3,(H,25,26);4-8,19H,9-11H2,1-3H3,(H,21,22)/t;21-;;;;/m.0..../s1. The van der Waals surface area contributed by atoms with Crippen molar-refractivity contribution in [3.63, 3.8) is 0 Å². The average molecular weight is 1980 g/mol. The summed E-state index contributed by atoms with van der Waals surface area (Å²) in [4.78, 5) is 82.7. The lowest BCUT2D eigenvalue weighted by atomic mass is 9.58. The Morgan fingerprint density at radius 2 is 0.558 bits per heavy atom. The third kappa shape index (κ3) is 18.2. The number of aromatic nitrogens is 13. The molecular weight excluding hydrogens is 1840 g/mol. The number of hydrogen-bond acceptors (Lipinski definition) is 13. The van der Waals surface area contributed by atoms with Gasteiger partial charge in [0.05, 0.1) is 45.1 Å². The predicted octanol–water partition coefficient (Wildman–Crippen LogP) is 25.8. The number of pyridine rings is 1. The van der Waals surface area contributed by atoms with Gasteiger partial charge in [-0.3, -0.25) is 64.3 Å². The molecule has 6 atom stereocenters. The first-order chi connectivity index (χ1) is 69.3. The monoisotopic (exact) mass is 1980 g/mol. The van der Waals surface area contributed by atoms with Crippen molar-refractivity contribution >= 4 is 34.7 Å². The van der Waals surface area contributed by atoms with E-state index < -0.39 is 39.3 Å². The van der Waals surface area contributed by atoms with Gasteiger partial charge in [0.25, 0.3) is 0 Å². The number of allylic oxidation sites excluding steroid dienone is 12. The first-order valence-electron chi connectivity index (χ1n) is 52.0. The zero-order valence-corrected chi connectivity index (χ0v) is 89.1. The van der Waals surface area contributed by atoms with Gasteiger partial charge < -0.3 is 0 Å². The van der Waals surface area contributed by atoms with Gasteiger partial charge in [0.2, 0.25) is 0 Å². The van der Waals surface area contributed by atoms with E-state index in [1.807, 2.05) is 58.0 Å². The first-order valence-corrected chi connectivity index (χ1v) is 52.0. The Kier molecular flexibility index (Phi) is 25.9. The normalized spacial score (nSPS) is 24.3. The van der Waals surface area contributed by atoms with Crippen molar-refractivity contribution in [1.82, 2.24) is 66.2 Å². The molecule has 0 aliphatic heterocycles. The quantitative estimate of drug-likeness (QED) is 0.0846. The zero-order valence-electron chi connectivity index (χ0n) is 89.1. The van der Waals surface area contributed by atoms with Crippen molar-refractivity contribution in [2.45, 2.75) is 308 Å². The molecule has 19 nitrogen and oxygen atoms in total. The van der Waals surface area contributed by atoms with E-state index in [2.05, 4.69) is 281 Å². The molecule has 0 saturated heterocycles. The Morgan fingerprint density at radius 3 is 0.891 bits per heavy atom. The Labute approximate surface area is 859 Å². The average Bonchev–Trinajstić information content (AvgIpc) is 1.68. The largest absolute Gasteiger partial charge is 0.416 e. The molecule has 24 rings (SSSR count). The summed E-state index contributed by atoms with van der Waals surface area (Å²) in [7, 11) is 0. The van der Waals surface area contributed by atoms with Crippen LogP contribution in [-0.4, -0.2) is 101 Å². The van der Waals surface area contributed by atoms with Gasteiger partial charge in [0.1, 0.15) is 5.82 Å². The summed E-state index contributed by atoms with van der Waals surface area (Å²) < 4.78 is 55.9. The Hall–Kier alpha value is -13.3. The number of nitrogens with zero attached hydrogens (tertiary/aromatic N) is 7. The highest BCUT2D eigenvalue weighted by Gasteiger charge is 2.56. The van der Waals surface area contributed by atoms with Crippen LogP contribution in [0.3, 0.4) is 0 Å². The summed E-state index contributed by atoms with van der Waals surface area (Å²) in [5.41, 5.74) is 33.4. The molecule has 0 amide bonds. The predicted molar refractivity (Wildman–Crippen MR) is 563 cm³/mol. The van der Waals surface area contributed by atoms with Crippen molar-refractivity contribution < 1.29 is 46.3 Å². The van der Waals surface area contributed by atoms with E-state index in [4.69, 9.17) is 0 Å². The molecule has 0 fully saturated rings. The lowest BCUT2D eigenvalue weighted by Gasteiger charge is -2.43. The molecule has 0 radical (unpaired) electrons. The van der Waals surface area contributed by atoms with Gasteiger partial charge in [-0.2, -0.15) is 43.8 Å². The number of Topliss-reactive ketones (excluding diaryl/α,β-unsaturated/α-hetero) is 6. The van der Waals surface area contributed by atoms with E-state index in [0.717, 1.165) is 177 Å². The van der Waals surface area contributed by atoms with Crippen LogP contribution in [0.5, 0.6) is 0 Å². The van der Waals surface area contributed by atoms with Gasteiger partial charge in [0, 0.05) is 224 Å². The number of hydrogen-bond donors (Lipinski definition) is 6. The summed E-state index contributed by atoms with van der Waals surface area (Å²) in [6, 6.07) is 49.4. The molecule has 6 N–H and O–H groups in total. The van der Waals surface area contributed by atoms with Crippen LogP contribution >= 0.6 is 0 Å². The minimum atomic E-state index is -4.52. The molecule has 147 heavy (non-hydrogen) atoms. The number of ketones is 6. The Balaban J connectivity index is 0.000000111. The second kappa shape index (κ2) is 37.2. The van der Waals surface area contributed by atoms with E-state index in [1.165, 1.54) is 79.1 Å². The fraction of sp³-hybridized carbons (Fsp3) is 0.427. The molecule has 0 saturated carbocycles. The summed E-state index contributed by atoms with van der Waals surface area (Å²) in [5, 5.41) is 45.6. The third-order valence-corrected chi connectivity index (χ3v) is 33.6. The maximum Gasteiger partial charge on any atom is 0.416 e. The van der Waals surface area contributed by atoms with Gasteiger partial charge >= 0.3 is 6.18 Å². The van der Waals surface area contributed by atoms with Crippen molar-refractivity contribution in [3.05, 3.63) is 377 Å². The van der Waals surface area contributed by atoms with Gasteiger partial charge in [-0.1, -0.05) is 256 Å². The highest BCUT2D eigenvalue weighted by atomic mass is 19.4. The lowest BCUT2D eigenvalue weighted by molar-refractivity contribution is -0.138. The van der Waals surface area contributed by atoms with Crippen LogP contribution < -0.4 is 0 Å². The van der Waals surface area contributed by atoms with Gasteiger partial charge in [-0.05, 0) is 180 Å². The number of fused-ring (bicyclic) bond motifs is 6. The van der Waals surface area contributed by atoms with Crippen LogP contribution in [-0.2, 0) is 95.1 Å². The van der Waals surface area contributed by atoms with Crippen molar-refractivity contribution in [2.75, 3.05) is 0 Å². The summed E-state index contributed by atoms with van der Waals surface area (Å²) in [6.07, 6.45) is 11.0. The second-order valence-electron chi connectivity index (χ2n) is 49.1. The third-order valence-electron chi connectivity index (χ3n) is 33.6. The number of nitrogens with one attached hydrogen (secondary N) is 6. The number of H-pyrrole nitrogens is 6. The molecule has 12 aliphatic carbocycles. The molecule has 762 valence electrons. The van der Waals surface area contributed by atoms with Gasteiger partial charge in [-0.25, -0.2) is 4.39 Å². The van der Waals surface area contributed by atoms with Crippen molar-refractivity contribution in [2.24, 2.45) is 32.5 Å². The molecule has 12 aliphatic rings. The van der Waals surface area contributed by atoms with Gasteiger partial charge in [-0.15, -0.1) is 0 Å². The lowest BCUT2D eigenvalue weighted by Crippen LogP contribution is -2.41. The van der Waals surface area contributed by atoms with Crippen molar-refractivity contribution in [1.29, 1.82) is 0 Å². The van der Waals surface area contributed by atoms with E-state index >= 15 is 0 Å². The Morgan fingerprint density at radius 1 is 0.293 bits per heavy atom. The Bertz CT molecular complexity index is 7230. The summed E-state index contributed by atoms with van der Waals surface area (Å²) in [6.45, 7) is 46.4. The van der Waals surface area contributed by atoms with Crippen molar-refractivity contribution in [3.8, 4) is 0 Å². The molecule has 0 bridgehead atoms. The number of carbonyl (C=O) groups is 6. The first kappa shape index (κ1) is 102. The topological polar surface area (TPSA) is 287 Å². The maximum atomic E-state index is 14.8. The molecule has 0 spiro atoms.